The minimum atomic E-state index is -1.57. The third kappa shape index (κ3) is 10.8. The lowest BCUT2D eigenvalue weighted by molar-refractivity contribution is -0.142. The molecular formula is C38H55N9O9S. The lowest BCUT2D eigenvalue weighted by Crippen LogP contribution is -2.61. The van der Waals surface area contributed by atoms with E-state index in [0.717, 1.165) is 22.0 Å². The van der Waals surface area contributed by atoms with Crippen molar-refractivity contribution >= 4 is 64.0 Å². The summed E-state index contributed by atoms with van der Waals surface area (Å²) in [6.07, 6.45) is -1.38. The Labute approximate surface area is 335 Å². The predicted molar refractivity (Wildman–Crippen MR) is 210 cm³/mol. The van der Waals surface area contributed by atoms with Gasteiger partial charge in [0.1, 0.15) is 42.3 Å². The zero-order chi connectivity index (χ0) is 41.6. The van der Waals surface area contributed by atoms with Crippen molar-refractivity contribution in [2.24, 2.45) is 0 Å². The molecule has 1 aromatic heterocycles. The van der Waals surface area contributed by atoms with Gasteiger partial charge in [0, 0.05) is 42.1 Å². The highest BCUT2D eigenvalue weighted by Gasteiger charge is 2.43. The van der Waals surface area contributed by atoms with E-state index in [1.807, 2.05) is 38.1 Å². The van der Waals surface area contributed by atoms with Crippen molar-refractivity contribution in [3.63, 3.8) is 0 Å². The molecule has 1 fully saturated rings. The Hall–Kier alpha value is -4.72. The monoisotopic (exact) mass is 813 g/mol. The predicted octanol–water partition coefficient (Wildman–Crippen LogP) is -1.71. The summed E-state index contributed by atoms with van der Waals surface area (Å²) < 4.78 is 0. The number of para-hydroxylation sites is 1. The number of H-pyrrole nitrogens is 1. The van der Waals surface area contributed by atoms with Crippen LogP contribution in [-0.2, 0) is 40.0 Å². The molecule has 7 amide bonds. The molecule has 2 bridgehead atoms. The lowest BCUT2D eigenvalue weighted by Gasteiger charge is -2.30. The third-order valence-corrected chi connectivity index (χ3v) is 11.5. The van der Waals surface area contributed by atoms with E-state index in [1.54, 1.807) is 0 Å². The number of aliphatic hydroxyl groups excluding tert-OH is 2. The molecule has 10 N–H and O–H groups in total. The van der Waals surface area contributed by atoms with E-state index in [9.17, 15) is 43.8 Å². The fourth-order valence-corrected chi connectivity index (χ4v) is 8.27. The minimum Gasteiger partial charge on any atom is -0.391 e. The summed E-state index contributed by atoms with van der Waals surface area (Å²) in [6, 6.07) is -1.45. The van der Waals surface area contributed by atoms with Crippen LogP contribution in [0.3, 0.4) is 0 Å². The molecule has 1 saturated heterocycles. The lowest BCUT2D eigenvalue weighted by atomic mass is 10.0. The molecule has 0 spiro atoms. The van der Waals surface area contributed by atoms with E-state index < -0.39 is 95.9 Å². The summed E-state index contributed by atoms with van der Waals surface area (Å²) in [5.74, 6) is -5.38. The van der Waals surface area contributed by atoms with Crippen LogP contribution >= 0.6 is 11.8 Å². The van der Waals surface area contributed by atoms with E-state index in [2.05, 4.69) is 42.2 Å². The normalized spacial score (nSPS) is 29.1. The summed E-state index contributed by atoms with van der Waals surface area (Å²) in [5, 5.41) is 41.8. The number of nitrogens with one attached hydrogen (secondary N) is 8. The number of thioether (sulfide) groups is 1. The van der Waals surface area contributed by atoms with Gasteiger partial charge in [-0.3, -0.25) is 33.6 Å². The zero-order valence-electron chi connectivity index (χ0n) is 32.8. The van der Waals surface area contributed by atoms with Crippen molar-refractivity contribution in [1.29, 1.82) is 0 Å². The summed E-state index contributed by atoms with van der Waals surface area (Å²) in [4.78, 5) is 102. The second-order valence-corrected chi connectivity index (χ2v) is 16.4. The van der Waals surface area contributed by atoms with Crippen molar-refractivity contribution in [3.05, 3.63) is 29.8 Å². The first-order valence-electron chi connectivity index (χ1n) is 19.5. The van der Waals surface area contributed by atoms with Gasteiger partial charge in [-0.25, -0.2) is 0 Å². The molecule has 1 aromatic carbocycles. The molecule has 19 heteroatoms. The van der Waals surface area contributed by atoms with Gasteiger partial charge in [-0.1, -0.05) is 32.0 Å². The van der Waals surface area contributed by atoms with Crippen LogP contribution in [0.5, 0.6) is 0 Å². The molecule has 0 unspecified atom stereocenters. The number of amides is 7. The average molecular weight is 814 g/mol. The molecule has 18 nitrogen and oxygen atoms in total. The highest BCUT2D eigenvalue weighted by Crippen LogP contribution is 2.32. The fraction of sp³-hybridized carbons (Fsp3) is 0.605. The van der Waals surface area contributed by atoms with E-state index in [-0.39, 0.29) is 37.6 Å². The van der Waals surface area contributed by atoms with E-state index in [0.29, 0.717) is 35.5 Å². The van der Waals surface area contributed by atoms with Gasteiger partial charge in [0.05, 0.1) is 17.2 Å². The molecule has 4 heterocycles. The maximum atomic E-state index is 14.4. The minimum absolute atomic E-state index is 0.0773. The number of unbranched alkanes of at least 4 members (excludes halogenated alkanes) is 1. The number of aliphatic hydroxyl groups is 2. The topological polar surface area (TPSA) is 263 Å². The van der Waals surface area contributed by atoms with Crippen LogP contribution in [0.1, 0.15) is 65.9 Å². The molecule has 57 heavy (non-hydrogen) atoms. The second kappa shape index (κ2) is 19.1. The van der Waals surface area contributed by atoms with Crippen LogP contribution in [0.4, 0.5) is 0 Å². The first-order valence-corrected chi connectivity index (χ1v) is 20.5. The fourth-order valence-electron chi connectivity index (χ4n) is 7.16. The number of benzene rings is 1. The van der Waals surface area contributed by atoms with Gasteiger partial charge in [-0.05, 0) is 58.2 Å². The molecule has 0 saturated carbocycles. The van der Waals surface area contributed by atoms with Gasteiger partial charge in [-0.2, -0.15) is 0 Å². The Morgan fingerprint density at radius 2 is 1.47 bits per heavy atom. The quantitative estimate of drug-likeness (QED) is 0.141. The Morgan fingerprint density at radius 1 is 0.807 bits per heavy atom. The van der Waals surface area contributed by atoms with Gasteiger partial charge in [-0.15, -0.1) is 11.8 Å². The first kappa shape index (κ1) is 43.4. The summed E-state index contributed by atoms with van der Waals surface area (Å²) >= 11 is 1.15. The summed E-state index contributed by atoms with van der Waals surface area (Å²) in [5.41, 5.74) is 1.31. The molecular weight excluding hydrogens is 759 g/mol. The van der Waals surface area contributed by atoms with Crippen molar-refractivity contribution < 1.29 is 43.8 Å². The van der Waals surface area contributed by atoms with Gasteiger partial charge in [0.25, 0.3) is 0 Å². The number of rotatable bonds is 7. The molecule has 0 radical (unpaired) electrons. The maximum Gasteiger partial charge on any atom is 0.246 e. The first-order chi connectivity index (χ1) is 27.0. The second-order valence-electron chi connectivity index (χ2n) is 15.4. The third-order valence-electron chi connectivity index (χ3n) is 10.4. The summed E-state index contributed by atoms with van der Waals surface area (Å²) in [7, 11) is 0. The number of fused-ring (bicyclic) bond motifs is 5. The van der Waals surface area contributed by atoms with Crippen LogP contribution in [0.25, 0.3) is 10.9 Å². The largest absolute Gasteiger partial charge is 0.391 e. The van der Waals surface area contributed by atoms with Crippen LogP contribution in [-0.4, -0.2) is 141 Å². The molecule has 0 aliphatic carbocycles. The smallest absolute Gasteiger partial charge is 0.246 e. The molecule has 2 aromatic rings. The highest BCUT2D eigenvalue weighted by molar-refractivity contribution is 7.99. The van der Waals surface area contributed by atoms with E-state index in [4.69, 9.17) is 0 Å². The average Bonchev–Trinajstić information content (AvgIpc) is 3.72. The van der Waals surface area contributed by atoms with Gasteiger partial charge >= 0.3 is 0 Å². The van der Waals surface area contributed by atoms with E-state index in [1.165, 1.54) is 20.8 Å². The number of hydrogen-bond acceptors (Lipinski definition) is 11. The van der Waals surface area contributed by atoms with Crippen molar-refractivity contribution in [2.75, 3.05) is 18.8 Å². The van der Waals surface area contributed by atoms with Crippen LogP contribution in [0.15, 0.2) is 29.3 Å². The van der Waals surface area contributed by atoms with E-state index >= 15 is 0 Å². The van der Waals surface area contributed by atoms with Crippen LogP contribution in [0, 0.1) is 0 Å². The maximum absolute atomic E-state index is 14.4. The van der Waals surface area contributed by atoms with Crippen molar-refractivity contribution in [3.8, 4) is 0 Å². The van der Waals surface area contributed by atoms with Crippen molar-refractivity contribution in [1.82, 2.24) is 47.1 Å². The number of aromatic amines is 1. The Morgan fingerprint density at radius 3 is 2.18 bits per heavy atom. The molecule has 312 valence electrons. The highest BCUT2D eigenvalue weighted by atomic mass is 32.2. The molecule has 9 atom stereocenters. The molecule has 3 aliphatic rings. The number of hydrogen-bond donors (Lipinski definition) is 10. The van der Waals surface area contributed by atoms with Gasteiger partial charge < -0.3 is 57.3 Å². The Bertz CT molecular complexity index is 1840. The number of carbonyl (C=O) groups excluding carboxylic acids is 7. The van der Waals surface area contributed by atoms with Gasteiger partial charge in [0.2, 0.25) is 41.4 Å². The zero-order valence-corrected chi connectivity index (χ0v) is 33.7. The summed E-state index contributed by atoms with van der Waals surface area (Å²) in [6.45, 7) is 8.54. The number of aromatic nitrogens is 1. The van der Waals surface area contributed by atoms with Crippen LogP contribution in [0.2, 0.25) is 0 Å². The Kier molecular flexibility index (Phi) is 14.6. The van der Waals surface area contributed by atoms with Crippen LogP contribution < -0.4 is 37.2 Å². The SMILES string of the molecule is CC(C)NCCCC[C@@H]1NC(=O)[C@@H]2Cc3c([nH]c4ccccc34)SC[C@H](NC(=O)[C@@H]([C@H](C)O)NC(=O)[C@H](C)NC1=O)C(=O)N1C[C@@H](O)C[C@H]1C(=O)N[C@@H](C)C(=O)N2. The standard InChI is InChI=1S/C38H55N9O9S/c1-18(2)39-13-9-8-12-26-33(52)40-20(4)32(51)46-30(21(5)48)36(55)44-28-17-57-37-24(23-10-6-7-11-25(23)45-37)15-27(34(53)42-26)43-31(50)19(3)41-35(54)29-14-22(49)16-47(29)38(28)56/h6-7,10-11,18-22,26-30,39,45,48-49H,8-9,12-17H2,1-5H3,(H,40,52)(H,41,54)(H,42,53)(H,43,50)(H,44,55)(H,46,51)/t19-,20-,21-,22-,26-,27-,28-,29-,30+/m0/s1. The Balaban J connectivity index is 1.63. The van der Waals surface area contributed by atoms with Crippen molar-refractivity contribution in [2.45, 2.75) is 132 Å². The van der Waals surface area contributed by atoms with Gasteiger partial charge in [0.15, 0.2) is 0 Å². The number of nitrogens with zero attached hydrogens (tertiary/aromatic N) is 1. The number of carbonyl (C=O) groups is 7. The molecule has 3 aliphatic heterocycles. The molecule has 5 rings (SSSR count).